The molecule has 60 valence electrons. The van der Waals surface area contributed by atoms with Crippen molar-refractivity contribution in [3.63, 3.8) is 0 Å². The third-order valence-corrected chi connectivity index (χ3v) is 2.65. The minimum atomic E-state index is 1.19. The summed E-state index contributed by atoms with van der Waals surface area (Å²) in [5.74, 6) is 0. The van der Waals surface area contributed by atoms with E-state index in [-0.39, 0.29) is 0 Å². The van der Waals surface area contributed by atoms with Crippen molar-refractivity contribution >= 4 is 15.9 Å². The lowest BCUT2D eigenvalue weighted by Gasteiger charge is -2.01. The van der Waals surface area contributed by atoms with Gasteiger partial charge in [-0.1, -0.05) is 41.4 Å². The summed E-state index contributed by atoms with van der Waals surface area (Å²) in [5.41, 5.74) is 2.77. The summed E-state index contributed by atoms with van der Waals surface area (Å²) in [6.45, 7) is 4.33. The van der Waals surface area contributed by atoms with Gasteiger partial charge >= 0.3 is 0 Å². The monoisotopic (exact) mass is 212 g/mol. The fourth-order valence-corrected chi connectivity index (χ4v) is 1.40. The first-order chi connectivity index (χ1) is 5.24. The van der Waals surface area contributed by atoms with E-state index in [1.165, 1.54) is 28.4 Å². The molecule has 1 aromatic carbocycles. The lowest BCUT2D eigenvalue weighted by molar-refractivity contribution is 0.919. The Hall–Kier alpha value is -0.300. The van der Waals surface area contributed by atoms with Crippen LogP contribution in [0.5, 0.6) is 0 Å². The number of rotatable bonds is 2. The average Bonchev–Trinajstić information content (AvgIpc) is 1.98. The van der Waals surface area contributed by atoms with Crippen molar-refractivity contribution in [2.45, 2.75) is 26.7 Å². The molecular weight excluding hydrogens is 200 g/mol. The molecule has 1 aromatic rings. The number of hydrogen-bond acceptors (Lipinski definition) is 0. The highest BCUT2D eigenvalue weighted by Gasteiger charge is 1.95. The van der Waals surface area contributed by atoms with Gasteiger partial charge in [-0.15, -0.1) is 0 Å². The summed E-state index contributed by atoms with van der Waals surface area (Å²) < 4.78 is 1.21. The summed E-state index contributed by atoms with van der Waals surface area (Å²) in [5, 5.41) is 0. The van der Waals surface area contributed by atoms with E-state index in [0.29, 0.717) is 0 Å². The molecule has 0 saturated heterocycles. The minimum Gasteiger partial charge on any atom is -0.0651 e. The van der Waals surface area contributed by atoms with Gasteiger partial charge in [0.2, 0.25) is 0 Å². The third kappa shape index (κ3) is 2.33. The molecule has 0 aromatic heterocycles. The quantitative estimate of drug-likeness (QED) is 0.702. The number of hydrogen-bond donors (Lipinski definition) is 0. The van der Waals surface area contributed by atoms with Gasteiger partial charge in [0, 0.05) is 4.47 Å². The summed E-state index contributed by atoms with van der Waals surface area (Å²) >= 11 is 3.48. The van der Waals surface area contributed by atoms with Crippen LogP contribution in [0.15, 0.2) is 22.7 Å². The molecule has 0 radical (unpaired) electrons. The van der Waals surface area contributed by atoms with E-state index in [0.717, 1.165) is 0 Å². The van der Waals surface area contributed by atoms with Crippen LogP contribution in [0.25, 0.3) is 0 Å². The molecule has 0 amide bonds. The van der Waals surface area contributed by atoms with E-state index in [1.54, 1.807) is 0 Å². The molecule has 0 unspecified atom stereocenters. The average molecular weight is 213 g/mol. The fraction of sp³-hybridized carbons (Fsp3) is 0.400. The lowest BCUT2D eigenvalue weighted by Crippen LogP contribution is -1.84. The Bertz CT molecular complexity index is 241. The van der Waals surface area contributed by atoms with Crippen molar-refractivity contribution in [2.24, 2.45) is 0 Å². The Kier molecular flexibility index (Phi) is 3.13. The van der Waals surface area contributed by atoms with Crippen molar-refractivity contribution in [1.29, 1.82) is 0 Å². The predicted octanol–water partition coefficient (Wildman–Crippen LogP) is 3.71. The van der Waals surface area contributed by atoms with Gasteiger partial charge in [0.05, 0.1) is 0 Å². The Morgan fingerprint density at radius 2 is 2.09 bits per heavy atom. The van der Waals surface area contributed by atoms with Crippen LogP contribution in [0.4, 0.5) is 0 Å². The minimum absolute atomic E-state index is 1.19. The smallest absolute Gasteiger partial charge is 0.0204 e. The maximum atomic E-state index is 3.48. The van der Waals surface area contributed by atoms with Gasteiger partial charge in [-0.05, 0) is 30.5 Å². The van der Waals surface area contributed by atoms with Crippen molar-refractivity contribution in [1.82, 2.24) is 0 Å². The summed E-state index contributed by atoms with van der Waals surface area (Å²) in [6.07, 6.45) is 2.41. The molecule has 0 heterocycles. The standard InChI is InChI=1S/C10H13Br/c1-3-4-9-5-6-10(11)8(2)7-9/h5-7H,3-4H2,1-2H3. The first kappa shape index (κ1) is 8.79. The molecule has 1 heteroatoms. The number of aryl methyl sites for hydroxylation is 2. The van der Waals surface area contributed by atoms with Crippen LogP contribution in [0, 0.1) is 6.92 Å². The first-order valence-corrected chi connectivity index (χ1v) is 4.78. The second-order valence-corrected chi connectivity index (χ2v) is 3.69. The highest BCUT2D eigenvalue weighted by molar-refractivity contribution is 9.10. The topological polar surface area (TPSA) is 0 Å². The Labute approximate surface area is 76.8 Å². The third-order valence-electron chi connectivity index (χ3n) is 1.76. The molecule has 0 atom stereocenters. The van der Waals surface area contributed by atoms with Crippen LogP contribution < -0.4 is 0 Å². The van der Waals surface area contributed by atoms with Crippen LogP contribution in [0.2, 0.25) is 0 Å². The Morgan fingerprint density at radius 3 is 2.64 bits per heavy atom. The van der Waals surface area contributed by atoms with E-state index < -0.39 is 0 Å². The van der Waals surface area contributed by atoms with E-state index in [1.807, 2.05) is 0 Å². The normalized spacial score (nSPS) is 10.1. The van der Waals surface area contributed by atoms with Gasteiger partial charge in [-0.3, -0.25) is 0 Å². The van der Waals surface area contributed by atoms with Crippen molar-refractivity contribution < 1.29 is 0 Å². The molecule has 0 bridgehead atoms. The van der Waals surface area contributed by atoms with Crippen LogP contribution in [0.1, 0.15) is 24.5 Å². The molecule has 0 aliphatic carbocycles. The number of halogens is 1. The van der Waals surface area contributed by atoms with E-state index in [9.17, 15) is 0 Å². The summed E-state index contributed by atoms with van der Waals surface area (Å²) in [4.78, 5) is 0. The fourth-order valence-electron chi connectivity index (χ4n) is 1.15. The summed E-state index contributed by atoms with van der Waals surface area (Å²) in [7, 11) is 0. The maximum absolute atomic E-state index is 3.48. The molecule has 0 spiro atoms. The molecule has 1 rings (SSSR count). The van der Waals surface area contributed by atoms with Gasteiger partial charge in [0.1, 0.15) is 0 Å². The number of benzene rings is 1. The van der Waals surface area contributed by atoms with Gasteiger partial charge in [0.25, 0.3) is 0 Å². The molecule has 0 saturated carbocycles. The van der Waals surface area contributed by atoms with Gasteiger partial charge in [0.15, 0.2) is 0 Å². The van der Waals surface area contributed by atoms with E-state index in [2.05, 4.69) is 48.0 Å². The molecule has 0 nitrogen and oxygen atoms in total. The molecule has 0 aliphatic rings. The van der Waals surface area contributed by atoms with Gasteiger partial charge < -0.3 is 0 Å². The zero-order valence-corrected chi connectivity index (χ0v) is 8.61. The van der Waals surface area contributed by atoms with Crippen LogP contribution in [-0.2, 0) is 6.42 Å². The zero-order valence-electron chi connectivity index (χ0n) is 7.02. The Morgan fingerprint density at radius 1 is 1.36 bits per heavy atom. The molecule has 0 N–H and O–H groups in total. The van der Waals surface area contributed by atoms with Crippen molar-refractivity contribution in [2.75, 3.05) is 0 Å². The Balaban J connectivity index is 2.86. The largest absolute Gasteiger partial charge is 0.0651 e. The lowest BCUT2D eigenvalue weighted by atomic mass is 10.1. The molecule has 11 heavy (non-hydrogen) atoms. The van der Waals surface area contributed by atoms with Crippen molar-refractivity contribution in [3.05, 3.63) is 33.8 Å². The molecular formula is C10H13Br. The van der Waals surface area contributed by atoms with Crippen LogP contribution in [-0.4, -0.2) is 0 Å². The van der Waals surface area contributed by atoms with Gasteiger partial charge in [-0.2, -0.15) is 0 Å². The zero-order chi connectivity index (χ0) is 8.27. The SMILES string of the molecule is CCCc1ccc(Br)c(C)c1. The highest BCUT2D eigenvalue weighted by Crippen LogP contribution is 2.17. The van der Waals surface area contributed by atoms with E-state index in [4.69, 9.17) is 0 Å². The van der Waals surface area contributed by atoms with Crippen LogP contribution in [0.3, 0.4) is 0 Å². The second kappa shape index (κ2) is 3.91. The summed E-state index contributed by atoms with van der Waals surface area (Å²) in [6, 6.07) is 6.55. The van der Waals surface area contributed by atoms with Crippen LogP contribution >= 0.6 is 15.9 Å². The highest BCUT2D eigenvalue weighted by atomic mass is 79.9. The first-order valence-electron chi connectivity index (χ1n) is 3.99. The van der Waals surface area contributed by atoms with E-state index >= 15 is 0 Å². The maximum Gasteiger partial charge on any atom is 0.0204 e. The second-order valence-electron chi connectivity index (χ2n) is 2.83. The molecule has 0 aliphatic heterocycles. The van der Waals surface area contributed by atoms with Crippen molar-refractivity contribution in [3.8, 4) is 0 Å². The van der Waals surface area contributed by atoms with Gasteiger partial charge in [-0.25, -0.2) is 0 Å². The predicted molar refractivity (Wildman–Crippen MR) is 52.9 cm³/mol. The molecule has 0 fully saturated rings.